The van der Waals surface area contributed by atoms with Crippen LogP contribution in [0.1, 0.15) is 30.6 Å². The number of aliphatic carboxylic acids is 1. The molecule has 0 aliphatic rings. The summed E-state index contributed by atoms with van der Waals surface area (Å²) in [6.07, 6.45) is 0.774. The van der Waals surface area contributed by atoms with Gasteiger partial charge in [0.05, 0.1) is 11.8 Å². The van der Waals surface area contributed by atoms with E-state index in [1.807, 2.05) is 22.9 Å². The van der Waals surface area contributed by atoms with Crippen LogP contribution >= 0.6 is 23.1 Å². The van der Waals surface area contributed by atoms with Gasteiger partial charge in [0.1, 0.15) is 5.82 Å². The molecule has 2 aromatic rings. The number of aryl methyl sites for hydroxylation is 1. The molecule has 0 saturated heterocycles. The van der Waals surface area contributed by atoms with E-state index in [4.69, 9.17) is 5.11 Å². The van der Waals surface area contributed by atoms with Crippen LogP contribution in [0.5, 0.6) is 0 Å². The smallest absolute Gasteiger partial charge is 0.313 e. The average molecular weight is 297 g/mol. The third-order valence-corrected chi connectivity index (χ3v) is 4.69. The SMILES string of the molecule is CCc1nnc(SCC(=O)O)n1C(C)c1cccs1. The van der Waals surface area contributed by atoms with Gasteiger partial charge in [0.25, 0.3) is 0 Å². The predicted octanol–water partition coefficient (Wildman–Crippen LogP) is 2.69. The summed E-state index contributed by atoms with van der Waals surface area (Å²) in [5.41, 5.74) is 0. The number of carboxylic acids is 1. The first-order valence-electron chi connectivity index (χ1n) is 5.95. The van der Waals surface area contributed by atoms with Crippen molar-refractivity contribution in [1.82, 2.24) is 14.8 Å². The van der Waals surface area contributed by atoms with Gasteiger partial charge in [-0.15, -0.1) is 21.5 Å². The van der Waals surface area contributed by atoms with E-state index in [-0.39, 0.29) is 11.8 Å². The zero-order chi connectivity index (χ0) is 13.8. The van der Waals surface area contributed by atoms with Gasteiger partial charge in [-0.05, 0) is 18.4 Å². The lowest BCUT2D eigenvalue weighted by atomic mass is 10.2. The molecule has 0 aromatic carbocycles. The topological polar surface area (TPSA) is 68.0 Å². The first-order valence-corrected chi connectivity index (χ1v) is 7.81. The van der Waals surface area contributed by atoms with Gasteiger partial charge in [-0.25, -0.2) is 0 Å². The maximum atomic E-state index is 10.7. The van der Waals surface area contributed by atoms with E-state index in [0.29, 0.717) is 5.16 Å². The van der Waals surface area contributed by atoms with Gasteiger partial charge in [0.2, 0.25) is 0 Å². The minimum absolute atomic E-state index is 0.000984. The first kappa shape index (κ1) is 14.1. The van der Waals surface area contributed by atoms with Crippen molar-refractivity contribution in [3.8, 4) is 0 Å². The van der Waals surface area contributed by atoms with Crippen LogP contribution in [0.3, 0.4) is 0 Å². The minimum Gasteiger partial charge on any atom is -0.481 e. The third kappa shape index (κ3) is 3.16. The monoisotopic (exact) mass is 297 g/mol. The number of hydrogen-bond acceptors (Lipinski definition) is 5. The molecule has 1 atom stereocenters. The molecule has 0 saturated carbocycles. The second-order valence-electron chi connectivity index (χ2n) is 4.00. The maximum absolute atomic E-state index is 10.7. The fraction of sp³-hybridized carbons (Fsp3) is 0.417. The Balaban J connectivity index is 2.30. The second-order valence-corrected chi connectivity index (χ2v) is 5.92. The zero-order valence-corrected chi connectivity index (χ0v) is 12.4. The zero-order valence-electron chi connectivity index (χ0n) is 10.7. The Morgan fingerprint density at radius 3 is 2.95 bits per heavy atom. The van der Waals surface area contributed by atoms with E-state index >= 15 is 0 Å². The average Bonchev–Trinajstić information content (AvgIpc) is 3.04. The van der Waals surface area contributed by atoms with Crippen LogP contribution in [0.2, 0.25) is 0 Å². The Morgan fingerprint density at radius 1 is 1.58 bits per heavy atom. The van der Waals surface area contributed by atoms with Crippen LogP contribution in [0.25, 0.3) is 0 Å². The Bertz CT molecular complexity index is 551. The molecule has 0 fully saturated rings. The number of carbonyl (C=O) groups is 1. The summed E-state index contributed by atoms with van der Waals surface area (Å²) in [5.74, 6) is 0.0362. The van der Waals surface area contributed by atoms with Crippen molar-refractivity contribution in [2.45, 2.75) is 31.5 Å². The number of carboxylic acid groups (broad SMARTS) is 1. The molecule has 2 heterocycles. The number of thioether (sulfide) groups is 1. The molecular formula is C12H15N3O2S2. The van der Waals surface area contributed by atoms with E-state index < -0.39 is 5.97 Å². The van der Waals surface area contributed by atoms with Crippen LogP contribution in [-0.4, -0.2) is 31.6 Å². The standard InChI is InChI=1S/C12H15N3O2S2/c1-3-10-13-14-12(19-7-11(16)17)15(10)8(2)9-5-4-6-18-9/h4-6,8H,3,7H2,1-2H3,(H,16,17). The highest BCUT2D eigenvalue weighted by Gasteiger charge is 2.19. The molecule has 0 aliphatic heterocycles. The Kier molecular flexibility index (Phi) is 4.60. The lowest BCUT2D eigenvalue weighted by molar-refractivity contribution is -0.133. The number of nitrogens with zero attached hydrogens (tertiary/aromatic N) is 3. The van der Waals surface area contributed by atoms with E-state index in [0.717, 1.165) is 12.2 Å². The van der Waals surface area contributed by atoms with Gasteiger partial charge in [-0.3, -0.25) is 9.36 Å². The summed E-state index contributed by atoms with van der Waals surface area (Å²) in [6.45, 7) is 4.10. The predicted molar refractivity (Wildman–Crippen MR) is 75.9 cm³/mol. The highest BCUT2D eigenvalue weighted by Crippen LogP contribution is 2.28. The van der Waals surface area contributed by atoms with Crippen molar-refractivity contribution in [3.63, 3.8) is 0 Å². The highest BCUT2D eigenvalue weighted by molar-refractivity contribution is 7.99. The summed E-state index contributed by atoms with van der Waals surface area (Å²) in [7, 11) is 0. The summed E-state index contributed by atoms with van der Waals surface area (Å²) < 4.78 is 2.03. The first-order chi connectivity index (χ1) is 9.13. The van der Waals surface area contributed by atoms with Crippen molar-refractivity contribution in [1.29, 1.82) is 0 Å². The summed E-state index contributed by atoms with van der Waals surface area (Å²) in [5, 5.41) is 19.7. The van der Waals surface area contributed by atoms with Crippen molar-refractivity contribution >= 4 is 29.1 Å². The molecule has 5 nitrogen and oxygen atoms in total. The molecule has 2 aromatic heterocycles. The van der Waals surface area contributed by atoms with E-state index in [9.17, 15) is 4.79 Å². The molecule has 2 rings (SSSR count). The molecule has 0 radical (unpaired) electrons. The molecule has 1 unspecified atom stereocenters. The quantitative estimate of drug-likeness (QED) is 0.830. The molecule has 0 spiro atoms. The second kappa shape index (κ2) is 6.21. The fourth-order valence-electron chi connectivity index (χ4n) is 1.82. The van der Waals surface area contributed by atoms with Crippen LogP contribution in [-0.2, 0) is 11.2 Å². The van der Waals surface area contributed by atoms with E-state index in [1.54, 1.807) is 11.3 Å². The molecule has 7 heteroatoms. The maximum Gasteiger partial charge on any atom is 0.313 e. The Labute approximate surface area is 119 Å². The van der Waals surface area contributed by atoms with Crippen LogP contribution in [0.15, 0.2) is 22.7 Å². The largest absolute Gasteiger partial charge is 0.481 e. The lowest BCUT2D eigenvalue weighted by Crippen LogP contribution is -2.11. The summed E-state index contributed by atoms with van der Waals surface area (Å²) >= 11 is 2.89. The van der Waals surface area contributed by atoms with Gasteiger partial charge >= 0.3 is 5.97 Å². The lowest BCUT2D eigenvalue weighted by Gasteiger charge is -2.16. The van der Waals surface area contributed by atoms with Crippen molar-refractivity contribution in [2.75, 3.05) is 5.75 Å². The molecule has 1 N–H and O–H groups in total. The molecule has 0 bridgehead atoms. The van der Waals surface area contributed by atoms with Gasteiger partial charge in [0, 0.05) is 11.3 Å². The number of rotatable bonds is 6. The molecular weight excluding hydrogens is 282 g/mol. The Morgan fingerprint density at radius 2 is 2.37 bits per heavy atom. The van der Waals surface area contributed by atoms with Crippen LogP contribution < -0.4 is 0 Å². The van der Waals surface area contributed by atoms with Gasteiger partial charge in [-0.1, -0.05) is 24.8 Å². The van der Waals surface area contributed by atoms with E-state index in [1.165, 1.54) is 16.6 Å². The van der Waals surface area contributed by atoms with Crippen molar-refractivity contribution in [3.05, 3.63) is 28.2 Å². The van der Waals surface area contributed by atoms with Crippen LogP contribution in [0.4, 0.5) is 0 Å². The van der Waals surface area contributed by atoms with Crippen molar-refractivity contribution in [2.24, 2.45) is 0 Å². The molecule has 0 amide bonds. The summed E-state index contributed by atoms with van der Waals surface area (Å²) in [6, 6.07) is 4.21. The minimum atomic E-state index is -0.846. The fourth-order valence-corrected chi connectivity index (χ4v) is 3.35. The van der Waals surface area contributed by atoms with E-state index in [2.05, 4.69) is 23.2 Å². The van der Waals surface area contributed by atoms with Crippen LogP contribution in [0, 0.1) is 0 Å². The third-order valence-electron chi connectivity index (χ3n) is 2.72. The van der Waals surface area contributed by atoms with Crippen molar-refractivity contribution < 1.29 is 9.90 Å². The molecule has 19 heavy (non-hydrogen) atoms. The Hall–Kier alpha value is -1.34. The van der Waals surface area contributed by atoms with Gasteiger partial charge < -0.3 is 5.11 Å². The number of hydrogen-bond donors (Lipinski definition) is 1. The normalized spacial score (nSPS) is 12.5. The number of thiophene rings is 1. The van der Waals surface area contributed by atoms with Gasteiger partial charge in [-0.2, -0.15) is 0 Å². The molecule has 0 aliphatic carbocycles. The highest BCUT2D eigenvalue weighted by atomic mass is 32.2. The number of aromatic nitrogens is 3. The van der Waals surface area contributed by atoms with Gasteiger partial charge in [0.15, 0.2) is 5.16 Å². The summed E-state index contributed by atoms with van der Waals surface area (Å²) in [4.78, 5) is 11.9. The molecule has 102 valence electrons.